The van der Waals surface area contributed by atoms with Crippen LogP contribution < -0.4 is 9.62 Å². The van der Waals surface area contributed by atoms with Gasteiger partial charge in [0.25, 0.3) is 0 Å². The van der Waals surface area contributed by atoms with Gasteiger partial charge < -0.3 is 5.32 Å². The molecule has 2 rings (SSSR count). The highest BCUT2D eigenvalue weighted by atomic mass is 35.5. The van der Waals surface area contributed by atoms with Gasteiger partial charge in [-0.15, -0.1) is 0 Å². The largest absolute Gasteiger partial charge is 0.325 e. The van der Waals surface area contributed by atoms with E-state index < -0.39 is 15.8 Å². The molecule has 2 aromatic carbocycles. The van der Waals surface area contributed by atoms with Gasteiger partial charge in [0.2, 0.25) is 15.9 Å². The summed E-state index contributed by atoms with van der Waals surface area (Å²) in [5.74, 6) is -0.996. The molecule has 0 aliphatic heterocycles. The summed E-state index contributed by atoms with van der Waals surface area (Å²) in [5.41, 5.74) is 0.325. The molecule has 0 aliphatic rings. The van der Waals surface area contributed by atoms with E-state index in [1.807, 2.05) is 0 Å². The number of hydrogen-bond donors (Lipinski definition) is 1. The smallest absolute Gasteiger partial charge is 0.232 e. The maximum absolute atomic E-state index is 13.9. The van der Waals surface area contributed by atoms with Crippen LogP contribution in [0.2, 0.25) is 10.0 Å². The molecule has 0 heterocycles. The summed E-state index contributed by atoms with van der Waals surface area (Å²) in [5, 5.41) is 3.16. The maximum Gasteiger partial charge on any atom is 0.232 e. The lowest BCUT2D eigenvalue weighted by atomic mass is 10.2. The van der Waals surface area contributed by atoms with Crippen LogP contribution in [0.1, 0.15) is 12.8 Å². The number of nitrogens with one attached hydrogen (secondary N) is 1. The first-order valence-corrected chi connectivity index (χ1v) is 10.3. The quantitative estimate of drug-likeness (QED) is 0.727. The minimum atomic E-state index is -3.69. The Bertz CT molecular complexity index is 907. The third kappa shape index (κ3) is 5.33. The van der Waals surface area contributed by atoms with Crippen LogP contribution in [0.25, 0.3) is 0 Å². The van der Waals surface area contributed by atoms with Crippen LogP contribution in [0.15, 0.2) is 42.5 Å². The zero-order valence-electron chi connectivity index (χ0n) is 13.9. The zero-order chi connectivity index (χ0) is 19.3. The lowest BCUT2D eigenvalue weighted by Crippen LogP contribution is -2.32. The average molecular weight is 419 g/mol. The third-order valence-corrected chi connectivity index (χ3v) is 5.51. The lowest BCUT2D eigenvalue weighted by Gasteiger charge is -2.22. The minimum absolute atomic E-state index is 0.0311. The first-order chi connectivity index (χ1) is 12.2. The van der Waals surface area contributed by atoms with Crippen molar-refractivity contribution >= 4 is 50.5 Å². The van der Waals surface area contributed by atoms with Crippen LogP contribution >= 0.6 is 23.2 Å². The van der Waals surface area contributed by atoms with Gasteiger partial charge in [0.1, 0.15) is 5.82 Å². The fourth-order valence-electron chi connectivity index (χ4n) is 2.32. The number of sulfonamides is 1. The highest BCUT2D eigenvalue weighted by Gasteiger charge is 2.20. The average Bonchev–Trinajstić information content (AvgIpc) is 2.56. The Hall–Kier alpha value is -1.83. The molecule has 1 amide bonds. The number of benzene rings is 2. The molecule has 0 saturated heterocycles. The molecule has 0 aliphatic carbocycles. The molecular weight excluding hydrogens is 402 g/mol. The molecule has 0 saturated carbocycles. The number of halogens is 3. The second-order valence-electron chi connectivity index (χ2n) is 5.54. The van der Waals surface area contributed by atoms with Crippen molar-refractivity contribution in [3.8, 4) is 0 Å². The molecule has 0 bridgehead atoms. The molecule has 0 aromatic heterocycles. The molecule has 9 heteroatoms. The number of carbonyl (C=O) groups is 1. The van der Waals surface area contributed by atoms with Gasteiger partial charge in [0, 0.05) is 13.0 Å². The van der Waals surface area contributed by atoms with Crippen molar-refractivity contribution in [1.82, 2.24) is 0 Å². The maximum atomic E-state index is 13.9. The number of carbonyl (C=O) groups excluding carboxylic acids is 1. The predicted molar refractivity (Wildman–Crippen MR) is 103 cm³/mol. The molecule has 1 N–H and O–H groups in total. The summed E-state index contributed by atoms with van der Waals surface area (Å²) in [6.45, 7) is -0.0313. The summed E-state index contributed by atoms with van der Waals surface area (Å²) in [4.78, 5) is 12.1. The van der Waals surface area contributed by atoms with Crippen molar-refractivity contribution in [2.45, 2.75) is 12.8 Å². The normalized spacial score (nSPS) is 11.2. The molecule has 26 heavy (non-hydrogen) atoms. The van der Waals surface area contributed by atoms with E-state index in [0.29, 0.717) is 10.7 Å². The molecule has 5 nitrogen and oxygen atoms in total. The Kier molecular flexibility index (Phi) is 6.86. The topological polar surface area (TPSA) is 66.5 Å². The lowest BCUT2D eigenvalue weighted by molar-refractivity contribution is -0.116. The monoisotopic (exact) mass is 418 g/mol. The zero-order valence-corrected chi connectivity index (χ0v) is 16.2. The highest BCUT2D eigenvalue weighted by molar-refractivity contribution is 7.92. The molecule has 0 atom stereocenters. The van der Waals surface area contributed by atoms with E-state index in [0.717, 1.165) is 10.6 Å². The van der Waals surface area contributed by atoms with Crippen LogP contribution in [0.4, 0.5) is 15.8 Å². The predicted octanol–water partition coefficient (Wildman–Crippen LogP) is 4.32. The molecular formula is C17H17Cl2FN2O3S. The fraction of sp³-hybridized carbons (Fsp3) is 0.235. The molecule has 0 unspecified atom stereocenters. The number of amides is 1. The molecule has 140 valence electrons. The number of hydrogen-bond acceptors (Lipinski definition) is 3. The van der Waals surface area contributed by atoms with Crippen LogP contribution in [0.5, 0.6) is 0 Å². The highest BCUT2D eigenvalue weighted by Crippen LogP contribution is 2.29. The Balaban J connectivity index is 2.01. The van der Waals surface area contributed by atoms with E-state index in [1.165, 1.54) is 18.2 Å². The molecule has 0 spiro atoms. The van der Waals surface area contributed by atoms with Crippen LogP contribution in [-0.4, -0.2) is 27.1 Å². The summed E-state index contributed by atoms with van der Waals surface area (Å²) < 4.78 is 38.8. The summed E-state index contributed by atoms with van der Waals surface area (Å²) in [6, 6.07) is 10.4. The van der Waals surface area contributed by atoms with Crippen LogP contribution in [0, 0.1) is 5.82 Å². The number of rotatable bonds is 7. The number of para-hydroxylation sites is 1. The van der Waals surface area contributed by atoms with Gasteiger partial charge in [0.15, 0.2) is 0 Å². The van der Waals surface area contributed by atoms with Gasteiger partial charge in [-0.2, -0.15) is 0 Å². The molecule has 2 aromatic rings. The Labute approximate surface area is 161 Å². The second-order valence-corrected chi connectivity index (χ2v) is 8.23. The van der Waals surface area contributed by atoms with Gasteiger partial charge in [0.05, 0.1) is 27.7 Å². The fourth-order valence-corrected chi connectivity index (χ4v) is 3.63. The molecule has 0 radical (unpaired) electrons. The van der Waals surface area contributed by atoms with Crippen molar-refractivity contribution in [2.24, 2.45) is 0 Å². The van der Waals surface area contributed by atoms with Crippen molar-refractivity contribution in [3.63, 3.8) is 0 Å². The second kappa shape index (κ2) is 8.70. The van der Waals surface area contributed by atoms with Gasteiger partial charge in [-0.1, -0.05) is 41.4 Å². The standard InChI is InChI=1S/C17H17Cl2FN2O3S/c1-26(24,25)22(15-9-3-2-7-13(15)20)11-5-10-16(23)21-14-8-4-6-12(18)17(14)19/h2-4,6-9H,5,10-11H2,1H3,(H,21,23). The van der Waals surface area contributed by atoms with Gasteiger partial charge in [-0.3, -0.25) is 9.10 Å². The van der Waals surface area contributed by atoms with Crippen molar-refractivity contribution in [1.29, 1.82) is 0 Å². The van der Waals surface area contributed by atoms with Gasteiger partial charge in [-0.25, -0.2) is 12.8 Å². The summed E-state index contributed by atoms with van der Waals surface area (Å²) in [7, 11) is -3.69. The Morgan fingerprint density at radius 1 is 1.15 bits per heavy atom. The van der Waals surface area contributed by atoms with Gasteiger partial charge >= 0.3 is 0 Å². The van der Waals surface area contributed by atoms with Crippen molar-refractivity contribution in [3.05, 3.63) is 58.3 Å². The van der Waals surface area contributed by atoms with Crippen LogP contribution in [-0.2, 0) is 14.8 Å². The van der Waals surface area contributed by atoms with E-state index >= 15 is 0 Å². The van der Waals surface area contributed by atoms with E-state index in [-0.39, 0.29) is 36.0 Å². The van der Waals surface area contributed by atoms with E-state index in [2.05, 4.69) is 5.32 Å². The number of anilines is 2. The molecule has 0 fully saturated rings. The van der Waals surface area contributed by atoms with Crippen LogP contribution in [0.3, 0.4) is 0 Å². The first kappa shape index (κ1) is 20.5. The SMILES string of the molecule is CS(=O)(=O)N(CCCC(=O)Nc1cccc(Cl)c1Cl)c1ccccc1F. The third-order valence-electron chi connectivity index (χ3n) is 3.51. The van der Waals surface area contributed by atoms with E-state index in [9.17, 15) is 17.6 Å². The summed E-state index contributed by atoms with van der Waals surface area (Å²) in [6.07, 6.45) is 1.22. The number of nitrogens with zero attached hydrogens (tertiary/aromatic N) is 1. The van der Waals surface area contributed by atoms with Crippen molar-refractivity contribution in [2.75, 3.05) is 22.4 Å². The Morgan fingerprint density at radius 2 is 1.85 bits per heavy atom. The van der Waals surface area contributed by atoms with Crippen molar-refractivity contribution < 1.29 is 17.6 Å². The van der Waals surface area contributed by atoms with Gasteiger partial charge in [-0.05, 0) is 30.7 Å². The Morgan fingerprint density at radius 3 is 2.50 bits per heavy atom. The van der Waals surface area contributed by atoms with E-state index in [4.69, 9.17) is 23.2 Å². The summed E-state index contributed by atoms with van der Waals surface area (Å²) >= 11 is 11.9. The first-order valence-electron chi connectivity index (χ1n) is 7.66. The van der Waals surface area contributed by atoms with E-state index in [1.54, 1.807) is 24.3 Å². The minimum Gasteiger partial charge on any atom is -0.325 e.